The van der Waals surface area contributed by atoms with Gasteiger partial charge >= 0.3 is 0 Å². The lowest BCUT2D eigenvalue weighted by atomic mass is 9.98. The van der Waals surface area contributed by atoms with Gasteiger partial charge in [0.25, 0.3) is 0 Å². The molecule has 1 aliphatic heterocycles. The maximum atomic E-state index is 12.6. The van der Waals surface area contributed by atoms with Crippen LogP contribution in [0.15, 0.2) is 60.0 Å². The van der Waals surface area contributed by atoms with Gasteiger partial charge in [-0.15, -0.1) is 0 Å². The molecule has 0 bridgehead atoms. The molecule has 0 spiro atoms. The fourth-order valence-corrected chi connectivity index (χ4v) is 2.83. The van der Waals surface area contributed by atoms with E-state index in [9.17, 15) is 9.90 Å². The van der Waals surface area contributed by atoms with Crippen molar-refractivity contribution in [2.45, 2.75) is 31.9 Å². The highest BCUT2D eigenvalue weighted by Gasteiger charge is 2.44. The van der Waals surface area contributed by atoms with E-state index in [1.54, 1.807) is 24.5 Å². The van der Waals surface area contributed by atoms with Crippen LogP contribution in [0.25, 0.3) is 0 Å². The number of nitrogens with zero attached hydrogens (tertiary/aromatic N) is 3. The molecule has 5 nitrogen and oxygen atoms in total. The van der Waals surface area contributed by atoms with Crippen LogP contribution in [-0.2, 0) is 16.9 Å². The van der Waals surface area contributed by atoms with E-state index in [1.165, 1.54) is 5.01 Å². The van der Waals surface area contributed by atoms with Crippen LogP contribution >= 0.6 is 0 Å². The van der Waals surface area contributed by atoms with Crippen LogP contribution in [0.4, 0.5) is 0 Å². The molecule has 1 atom stereocenters. The Morgan fingerprint density at radius 3 is 2.61 bits per heavy atom. The third kappa shape index (κ3) is 3.14. The summed E-state index contributed by atoms with van der Waals surface area (Å²) in [6.07, 6.45) is 4.45. The first-order valence-corrected chi connectivity index (χ1v) is 7.63. The molecule has 2 heterocycles. The summed E-state index contributed by atoms with van der Waals surface area (Å²) in [7, 11) is 0. The molecule has 1 amide bonds. The normalized spacial score (nSPS) is 20.4. The van der Waals surface area contributed by atoms with Gasteiger partial charge in [0.05, 0.1) is 0 Å². The Hall–Kier alpha value is -2.53. The van der Waals surface area contributed by atoms with Gasteiger partial charge in [-0.2, -0.15) is 10.1 Å². The highest BCUT2D eigenvalue weighted by molar-refractivity contribution is 5.89. The summed E-state index contributed by atoms with van der Waals surface area (Å²) in [5.41, 5.74) is 1.03. The van der Waals surface area contributed by atoms with Crippen molar-refractivity contribution in [3.8, 4) is 0 Å². The van der Waals surface area contributed by atoms with Crippen molar-refractivity contribution in [2.24, 2.45) is 5.10 Å². The minimum absolute atomic E-state index is 0.190. The summed E-state index contributed by atoms with van der Waals surface area (Å²) in [4.78, 5) is 16.6. The summed E-state index contributed by atoms with van der Waals surface area (Å²) < 4.78 is 0. The Kier molecular flexibility index (Phi) is 4.21. The fourth-order valence-electron chi connectivity index (χ4n) is 2.83. The van der Waals surface area contributed by atoms with Crippen LogP contribution in [0.1, 0.15) is 30.9 Å². The van der Waals surface area contributed by atoms with Crippen molar-refractivity contribution in [2.75, 3.05) is 0 Å². The number of rotatable bonds is 4. The fraction of sp³-hybridized carbons (Fsp3) is 0.278. The van der Waals surface area contributed by atoms with Gasteiger partial charge in [0.15, 0.2) is 5.72 Å². The van der Waals surface area contributed by atoms with Gasteiger partial charge in [0, 0.05) is 36.5 Å². The molecule has 3 rings (SSSR count). The van der Waals surface area contributed by atoms with E-state index in [4.69, 9.17) is 0 Å². The highest BCUT2D eigenvalue weighted by atomic mass is 16.3. The lowest BCUT2D eigenvalue weighted by Crippen LogP contribution is -2.43. The molecular formula is C18H19N3O2. The largest absolute Gasteiger partial charge is 0.365 e. The Morgan fingerprint density at radius 1 is 1.22 bits per heavy atom. The highest BCUT2D eigenvalue weighted by Crippen LogP contribution is 2.35. The summed E-state index contributed by atoms with van der Waals surface area (Å²) in [6, 6.07) is 13.2. The summed E-state index contributed by atoms with van der Waals surface area (Å²) in [6.45, 7) is 1.82. The molecule has 1 aromatic heterocycles. The molecule has 5 heteroatoms. The maximum Gasteiger partial charge on any atom is 0.245 e. The molecule has 118 valence electrons. The Bertz CT molecular complexity index is 716. The first-order chi connectivity index (χ1) is 11.1. The molecule has 0 saturated carbocycles. The Balaban J connectivity index is 1.77. The summed E-state index contributed by atoms with van der Waals surface area (Å²) >= 11 is 0. The minimum Gasteiger partial charge on any atom is -0.365 e. The second-order valence-corrected chi connectivity index (χ2v) is 5.76. The van der Waals surface area contributed by atoms with Crippen LogP contribution in [0.2, 0.25) is 0 Å². The van der Waals surface area contributed by atoms with Gasteiger partial charge in [0.2, 0.25) is 5.91 Å². The number of aromatic nitrogens is 1. The molecule has 0 unspecified atom stereocenters. The van der Waals surface area contributed by atoms with Crippen molar-refractivity contribution < 1.29 is 9.90 Å². The van der Waals surface area contributed by atoms with Crippen molar-refractivity contribution in [1.82, 2.24) is 9.99 Å². The molecule has 1 aromatic carbocycles. The average molecular weight is 309 g/mol. The SMILES string of the molecule is CC1=NN(C(=O)CCc2ccccc2)[C@@](O)(c2ccncc2)C1. The van der Waals surface area contributed by atoms with Gasteiger partial charge in [-0.05, 0) is 31.0 Å². The lowest BCUT2D eigenvalue weighted by Gasteiger charge is -2.31. The molecular weight excluding hydrogens is 290 g/mol. The van der Waals surface area contributed by atoms with E-state index < -0.39 is 5.72 Å². The molecule has 0 fully saturated rings. The number of hydrogen-bond donors (Lipinski definition) is 1. The monoisotopic (exact) mass is 309 g/mol. The van der Waals surface area contributed by atoms with E-state index in [0.717, 1.165) is 11.3 Å². The van der Waals surface area contributed by atoms with Crippen molar-refractivity contribution >= 4 is 11.6 Å². The number of carbonyl (C=O) groups is 1. The van der Waals surface area contributed by atoms with Gasteiger partial charge in [-0.3, -0.25) is 9.78 Å². The van der Waals surface area contributed by atoms with Crippen LogP contribution in [0, 0.1) is 0 Å². The number of hydrazone groups is 1. The van der Waals surface area contributed by atoms with Gasteiger partial charge in [0.1, 0.15) is 0 Å². The topological polar surface area (TPSA) is 65.8 Å². The van der Waals surface area contributed by atoms with E-state index >= 15 is 0 Å². The minimum atomic E-state index is -1.42. The van der Waals surface area contributed by atoms with Crippen LogP contribution in [-0.4, -0.2) is 26.7 Å². The zero-order valence-corrected chi connectivity index (χ0v) is 13.0. The molecule has 0 saturated heterocycles. The number of carbonyl (C=O) groups excluding carboxylic acids is 1. The zero-order valence-electron chi connectivity index (χ0n) is 13.0. The molecule has 0 radical (unpaired) electrons. The molecule has 1 N–H and O–H groups in total. The van der Waals surface area contributed by atoms with Gasteiger partial charge in [-0.1, -0.05) is 30.3 Å². The lowest BCUT2D eigenvalue weighted by molar-refractivity contribution is -0.157. The van der Waals surface area contributed by atoms with Crippen LogP contribution in [0.5, 0.6) is 0 Å². The van der Waals surface area contributed by atoms with E-state index in [-0.39, 0.29) is 5.91 Å². The van der Waals surface area contributed by atoms with Crippen LogP contribution < -0.4 is 0 Å². The summed E-state index contributed by atoms with van der Waals surface area (Å²) in [5, 5.41) is 16.5. The predicted molar refractivity (Wildman–Crippen MR) is 87.5 cm³/mol. The Morgan fingerprint density at radius 2 is 1.91 bits per heavy atom. The second kappa shape index (κ2) is 6.30. The first-order valence-electron chi connectivity index (χ1n) is 7.63. The number of aliphatic hydroxyl groups is 1. The first kappa shape index (κ1) is 15.4. The third-order valence-electron chi connectivity index (χ3n) is 3.97. The Labute approximate surface area is 135 Å². The standard InChI is InChI=1S/C18H19N3O2/c1-14-13-18(23,16-9-11-19-12-10-16)21(20-14)17(22)8-7-15-5-3-2-4-6-15/h2-6,9-12,23H,7-8,13H2,1H3/t18-/m0/s1. The smallest absolute Gasteiger partial charge is 0.245 e. The zero-order chi connectivity index (χ0) is 16.3. The van der Waals surface area contributed by atoms with Gasteiger partial charge < -0.3 is 5.11 Å². The predicted octanol–water partition coefficient (Wildman–Crippen LogP) is 2.47. The molecule has 1 aliphatic rings. The number of pyridine rings is 1. The van der Waals surface area contributed by atoms with E-state index in [1.807, 2.05) is 37.3 Å². The number of hydrogen-bond acceptors (Lipinski definition) is 4. The third-order valence-corrected chi connectivity index (χ3v) is 3.97. The average Bonchev–Trinajstić information content (AvgIpc) is 2.90. The van der Waals surface area contributed by atoms with Crippen LogP contribution in [0.3, 0.4) is 0 Å². The second-order valence-electron chi connectivity index (χ2n) is 5.76. The molecule has 0 aliphatic carbocycles. The van der Waals surface area contributed by atoms with E-state index in [2.05, 4.69) is 10.1 Å². The summed E-state index contributed by atoms with van der Waals surface area (Å²) in [5.74, 6) is -0.190. The maximum absolute atomic E-state index is 12.6. The van der Waals surface area contributed by atoms with Crippen molar-refractivity contribution in [3.05, 3.63) is 66.0 Å². The number of amides is 1. The van der Waals surface area contributed by atoms with E-state index in [0.29, 0.717) is 24.8 Å². The molecule has 23 heavy (non-hydrogen) atoms. The molecule has 2 aromatic rings. The number of benzene rings is 1. The van der Waals surface area contributed by atoms with Crippen molar-refractivity contribution in [3.63, 3.8) is 0 Å². The van der Waals surface area contributed by atoms with Gasteiger partial charge in [-0.25, -0.2) is 0 Å². The van der Waals surface area contributed by atoms with Crippen molar-refractivity contribution in [1.29, 1.82) is 0 Å². The number of aryl methyl sites for hydroxylation is 1. The quantitative estimate of drug-likeness (QED) is 0.943.